The maximum atomic E-state index is 5.89. The average molecular weight is 425 g/mol. The summed E-state index contributed by atoms with van der Waals surface area (Å²) in [6.45, 7) is 5.82. The SMILES string of the molecule is CN(C)C1CCN(CCNC(N)=NCC2CCCO2)CC1.I. The van der Waals surface area contributed by atoms with Gasteiger partial charge in [0.2, 0.25) is 0 Å². The van der Waals surface area contributed by atoms with Gasteiger partial charge in [-0.2, -0.15) is 0 Å². The predicted molar refractivity (Wildman–Crippen MR) is 102 cm³/mol. The first kappa shape index (κ1) is 19.9. The molecule has 2 saturated heterocycles. The number of rotatable bonds is 6. The van der Waals surface area contributed by atoms with E-state index in [1.807, 2.05) is 0 Å². The molecular weight excluding hydrogens is 393 g/mol. The first-order valence-corrected chi connectivity index (χ1v) is 8.19. The normalized spacial score (nSPS) is 24.5. The highest BCUT2D eigenvalue weighted by Crippen LogP contribution is 2.13. The number of ether oxygens (including phenoxy) is 1. The van der Waals surface area contributed by atoms with Gasteiger partial charge in [-0.3, -0.25) is 4.99 Å². The Morgan fingerprint density at radius 2 is 2.05 bits per heavy atom. The second-order valence-electron chi connectivity index (χ2n) is 6.32. The van der Waals surface area contributed by atoms with Gasteiger partial charge < -0.3 is 25.6 Å². The molecule has 0 radical (unpaired) electrons. The Morgan fingerprint density at radius 3 is 2.64 bits per heavy atom. The molecule has 2 heterocycles. The summed E-state index contributed by atoms with van der Waals surface area (Å²) >= 11 is 0. The first-order chi connectivity index (χ1) is 10.1. The third-order valence-electron chi connectivity index (χ3n) is 4.51. The van der Waals surface area contributed by atoms with Crippen LogP contribution in [0.4, 0.5) is 0 Å². The summed E-state index contributed by atoms with van der Waals surface area (Å²) in [4.78, 5) is 9.20. The van der Waals surface area contributed by atoms with Crippen molar-refractivity contribution < 1.29 is 4.74 Å². The van der Waals surface area contributed by atoms with Crippen molar-refractivity contribution in [3.05, 3.63) is 0 Å². The van der Waals surface area contributed by atoms with Crippen LogP contribution >= 0.6 is 24.0 Å². The highest BCUT2D eigenvalue weighted by Gasteiger charge is 2.20. The summed E-state index contributed by atoms with van der Waals surface area (Å²) in [5, 5.41) is 3.21. The number of likely N-dealkylation sites (tertiary alicyclic amines) is 1. The topological polar surface area (TPSA) is 66.1 Å². The fourth-order valence-electron chi connectivity index (χ4n) is 3.05. The minimum atomic E-state index is 0. The second-order valence-corrected chi connectivity index (χ2v) is 6.32. The summed E-state index contributed by atoms with van der Waals surface area (Å²) < 4.78 is 5.53. The molecule has 0 aromatic rings. The van der Waals surface area contributed by atoms with E-state index >= 15 is 0 Å². The van der Waals surface area contributed by atoms with E-state index in [2.05, 4.69) is 34.2 Å². The summed E-state index contributed by atoms with van der Waals surface area (Å²) in [5.74, 6) is 0.550. The van der Waals surface area contributed by atoms with Crippen molar-refractivity contribution in [2.45, 2.75) is 37.8 Å². The molecule has 2 fully saturated rings. The first-order valence-electron chi connectivity index (χ1n) is 8.19. The lowest BCUT2D eigenvalue weighted by Crippen LogP contribution is -2.45. The molecular formula is C15H32IN5O. The molecule has 0 aromatic heterocycles. The van der Waals surface area contributed by atoms with E-state index < -0.39 is 0 Å². The van der Waals surface area contributed by atoms with E-state index in [-0.39, 0.29) is 30.1 Å². The number of aliphatic imine (C=N–C) groups is 1. The number of nitrogens with zero attached hydrogens (tertiary/aromatic N) is 3. The molecule has 0 spiro atoms. The zero-order chi connectivity index (χ0) is 15.1. The van der Waals surface area contributed by atoms with Gasteiger partial charge in [-0.15, -0.1) is 24.0 Å². The zero-order valence-electron chi connectivity index (χ0n) is 14.0. The van der Waals surface area contributed by atoms with E-state index in [4.69, 9.17) is 10.5 Å². The van der Waals surface area contributed by atoms with Crippen molar-refractivity contribution in [2.75, 3.05) is 53.4 Å². The van der Waals surface area contributed by atoms with Crippen molar-refractivity contribution in [1.29, 1.82) is 0 Å². The van der Waals surface area contributed by atoms with Crippen molar-refractivity contribution in [3.8, 4) is 0 Å². The van der Waals surface area contributed by atoms with Crippen LogP contribution in [-0.2, 0) is 4.74 Å². The molecule has 0 bridgehead atoms. The van der Waals surface area contributed by atoms with Crippen LogP contribution in [0.1, 0.15) is 25.7 Å². The van der Waals surface area contributed by atoms with Crippen LogP contribution in [0, 0.1) is 0 Å². The van der Waals surface area contributed by atoms with Crippen molar-refractivity contribution in [3.63, 3.8) is 0 Å². The Hall–Kier alpha value is -0.120. The number of hydrogen-bond acceptors (Lipinski definition) is 4. The molecule has 7 heteroatoms. The van der Waals surface area contributed by atoms with E-state index in [1.54, 1.807) is 0 Å². The van der Waals surface area contributed by atoms with Crippen LogP contribution in [0.3, 0.4) is 0 Å². The van der Waals surface area contributed by atoms with Crippen molar-refractivity contribution in [2.24, 2.45) is 10.7 Å². The number of nitrogens with two attached hydrogens (primary N) is 1. The molecule has 0 saturated carbocycles. The highest BCUT2D eigenvalue weighted by molar-refractivity contribution is 14.0. The van der Waals surface area contributed by atoms with Gasteiger partial charge in [-0.25, -0.2) is 0 Å². The second kappa shape index (κ2) is 10.6. The van der Waals surface area contributed by atoms with Crippen LogP contribution in [0.5, 0.6) is 0 Å². The Labute approximate surface area is 151 Å². The molecule has 0 amide bonds. The molecule has 2 rings (SSSR count). The summed E-state index contributed by atoms with van der Waals surface area (Å²) in [5.41, 5.74) is 5.89. The van der Waals surface area contributed by atoms with E-state index in [9.17, 15) is 0 Å². The number of halogens is 1. The van der Waals surface area contributed by atoms with Gasteiger partial charge >= 0.3 is 0 Å². The summed E-state index contributed by atoms with van der Waals surface area (Å²) in [6, 6.07) is 0.743. The monoisotopic (exact) mass is 425 g/mol. The molecule has 6 nitrogen and oxygen atoms in total. The number of guanidine groups is 1. The average Bonchev–Trinajstić information content (AvgIpc) is 2.99. The fourth-order valence-corrected chi connectivity index (χ4v) is 3.05. The quantitative estimate of drug-likeness (QED) is 0.373. The minimum absolute atomic E-state index is 0. The van der Waals surface area contributed by atoms with E-state index in [0.29, 0.717) is 12.5 Å². The van der Waals surface area contributed by atoms with Gasteiger partial charge in [0.25, 0.3) is 0 Å². The summed E-state index contributed by atoms with van der Waals surface area (Å²) in [6.07, 6.45) is 5.05. The standard InChI is InChI=1S/C15H31N5O.HI/c1-19(2)13-5-8-20(9-6-13)10-7-17-15(16)18-12-14-4-3-11-21-14;/h13-14H,3-12H2,1-2H3,(H3,16,17,18);1H. The van der Waals surface area contributed by atoms with E-state index in [1.165, 1.54) is 25.9 Å². The lowest BCUT2D eigenvalue weighted by molar-refractivity contribution is 0.117. The molecule has 1 atom stereocenters. The molecule has 2 aliphatic rings. The lowest BCUT2D eigenvalue weighted by Gasteiger charge is -2.35. The maximum Gasteiger partial charge on any atom is 0.188 e. The van der Waals surface area contributed by atoms with Crippen LogP contribution in [0.15, 0.2) is 4.99 Å². The third kappa shape index (κ3) is 6.97. The van der Waals surface area contributed by atoms with Crippen LogP contribution < -0.4 is 11.1 Å². The molecule has 130 valence electrons. The van der Waals surface area contributed by atoms with Gasteiger partial charge in [0.1, 0.15) is 0 Å². The summed E-state index contributed by atoms with van der Waals surface area (Å²) in [7, 11) is 4.35. The highest BCUT2D eigenvalue weighted by atomic mass is 127. The number of nitrogens with one attached hydrogen (secondary N) is 1. The molecule has 22 heavy (non-hydrogen) atoms. The Kier molecular flexibility index (Phi) is 9.62. The Bertz CT molecular complexity index is 326. The smallest absolute Gasteiger partial charge is 0.188 e. The fraction of sp³-hybridized carbons (Fsp3) is 0.933. The predicted octanol–water partition coefficient (Wildman–Crippen LogP) is 0.714. The van der Waals surface area contributed by atoms with Crippen LogP contribution in [-0.4, -0.2) is 81.3 Å². The van der Waals surface area contributed by atoms with Gasteiger partial charge in [0.15, 0.2) is 5.96 Å². The molecule has 1 unspecified atom stereocenters. The maximum absolute atomic E-state index is 5.89. The van der Waals surface area contributed by atoms with Crippen LogP contribution in [0.25, 0.3) is 0 Å². The van der Waals surface area contributed by atoms with Gasteiger partial charge in [-0.1, -0.05) is 0 Å². The molecule has 0 aliphatic carbocycles. The Morgan fingerprint density at radius 1 is 1.32 bits per heavy atom. The third-order valence-corrected chi connectivity index (χ3v) is 4.51. The molecule has 2 aliphatic heterocycles. The van der Waals surface area contributed by atoms with Crippen LogP contribution in [0.2, 0.25) is 0 Å². The largest absolute Gasteiger partial charge is 0.376 e. The van der Waals surface area contributed by atoms with Crippen molar-refractivity contribution >= 4 is 29.9 Å². The van der Waals surface area contributed by atoms with Gasteiger partial charge in [-0.05, 0) is 52.9 Å². The zero-order valence-corrected chi connectivity index (χ0v) is 16.3. The number of hydrogen-bond donors (Lipinski definition) is 2. The van der Waals surface area contributed by atoms with Gasteiger partial charge in [0.05, 0.1) is 12.6 Å². The van der Waals surface area contributed by atoms with E-state index in [0.717, 1.165) is 38.6 Å². The molecule has 0 aromatic carbocycles. The number of piperidine rings is 1. The Balaban J connectivity index is 0.00000242. The van der Waals surface area contributed by atoms with Crippen molar-refractivity contribution in [1.82, 2.24) is 15.1 Å². The molecule has 3 N–H and O–H groups in total. The minimum Gasteiger partial charge on any atom is -0.376 e. The van der Waals surface area contributed by atoms with Gasteiger partial charge in [0, 0.05) is 25.7 Å². The lowest BCUT2D eigenvalue weighted by atomic mass is 10.0.